The summed E-state index contributed by atoms with van der Waals surface area (Å²) in [4.78, 5) is 17.7. The number of thiazole rings is 1. The predicted octanol–water partition coefficient (Wildman–Crippen LogP) is 6.36. The minimum Gasteiger partial charge on any atom is -0.488 e. The van der Waals surface area contributed by atoms with E-state index < -0.39 is 0 Å². The number of nitrogens with zero attached hydrogens (tertiary/aromatic N) is 3. The highest BCUT2D eigenvalue weighted by Gasteiger charge is 2.26. The number of hydrogen-bond acceptors (Lipinski definition) is 5. The molecule has 6 rings (SSSR count). The number of amides is 1. The highest BCUT2D eigenvalue weighted by atomic mass is 32.1. The van der Waals surface area contributed by atoms with E-state index in [2.05, 4.69) is 21.5 Å². The van der Waals surface area contributed by atoms with Gasteiger partial charge in [0.25, 0.3) is 5.91 Å². The fraction of sp³-hybridized carbons (Fsp3) is 0.107. The highest BCUT2D eigenvalue weighted by molar-refractivity contribution is 7.13. The summed E-state index contributed by atoms with van der Waals surface area (Å²) in [6.07, 6.45) is 3.97. The Kier molecular flexibility index (Phi) is 5.58. The Morgan fingerprint density at radius 2 is 1.97 bits per heavy atom. The maximum atomic E-state index is 13.5. The molecule has 0 atom stereocenters. The molecular formula is C28H21FN4O2S. The molecule has 1 amide bonds. The smallest absolute Gasteiger partial charge is 0.254 e. The zero-order valence-electron chi connectivity index (χ0n) is 19.4. The standard InChI is InChI=1S/C28H21FN4O2S/c1-2-21(27(34)32-28-30-11-12-36-28)26-22-5-3-4-6-25(22)35-16-18-14-24-17(13-23(18)26)15-31-33(24)20-9-7-19(29)8-10-20/h3-15H,2,16H2,1H3,(H,30,32,34)/b26-21-. The second kappa shape index (κ2) is 9.05. The van der Waals surface area contributed by atoms with Gasteiger partial charge in [0.1, 0.15) is 18.2 Å². The molecule has 1 aliphatic heterocycles. The second-order valence-electron chi connectivity index (χ2n) is 8.38. The van der Waals surface area contributed by atoms with E-state index >= 15 is 0 Å². The average Bonchev–Trinajstić information content (AvgIpc) is 3.52. The van der Waals surface area contributed by atoms with E-state index in [1.807, 2.05) is 42.6 Å². The number of ether oxygens (including phenoxy) is 1. The zero-order valence-corrected chi connectivity index (χ0v) is 20.2. The Labute approximate surface area is 210 Å². The molecule has 0 aliphatic carbocycles. The van der Waals surface area contributed by atoms with Gasteiger partial charge in [0.15, 0.2) is 5.13 Å². The molecule has 5 aromatic rings. The largest absolute Gasteiger partial charge is 0.488 e. The van der Waals surface area contributed by atoms with Crippen LogP contribution < -0.4 is 10.1 Å². The molecule has 0 radical (unpaired) electrons. The molecule has 0 spiro atoms. The second-order valence-corrected chi connectivity index (χ2v) is 9.28. The van der Waals surface area contributed by atoms with E-state index in [0.717, 1.165) is 44.6 Å². The van der Waals surface area contributed by atoms with Crippen molar-refractivity contribution in [3.05, 3.63) is 107 Å². The SMILES string of the molecule is CC/C(C(=O)Nc1nccs1)=C1/c2cc3cnn(-c4ccc(F)cc4)c3cc2COc2ccccc21. The summed E-state index contributed by atoms with van der Waals surface area (Å²) in [5, 5.41) is 10.8. The third-order valence-corrected chi connectivity index (χ3v) is 6.94. The van der Waals surface area contributed by atoms with Crippen LogP contribution in [0.2, 0.25) is 0 Å². The van der Waals surface area contributed by atoms with Gasteiger partial charge >= 0.3 is 0 Å². The van der Waals surface area contributed by atoms with Crippen molar-refractivity contribution in [2.45, 2.75) is 20.0 Å². The lowest BCUT2D eigenvalue weighted by Gasteiger charge is -2.16. The fourth-order valence-corrected chi connectivity index (χ4v) is 5.11. The van der Waals surface area contributed by atoms with Gasteiger partial charge in [-0.1, -0.05) is 25.1 Å². The van der Waals surface area contributed by atoms with E-state index in [-0.39, 0.29) is 11.7 Å². The molecule has 0 bridgehead atoms. The van der Waals surface area contributed by atoms with Crippen molar-refractivity contribution in [2.24, 2.45) is 0 Å². The Hall–Kier alpha value is -4.30. The number of para-hydroxylation sites is 1. The molecule has 36 heavy (non-hydrogen) atoms. The topological polar surface area (TPSA) is 69.0 Å². The summed E-state index contributed by atoms with van der Waals surface area (Å²) in [7, 11) is 0. The van der Waals surface area contributed by atoms with Crippen molar-refractivity contribution in [2.75, 3.05) is 5.32 Å². The van der Waals surface area contributed by atoms with Gasteiger partial charge in [-0.3, -0.25) is 10.1 Å². The summed E-state index contributed by atoms with van der Waals surface area (Å²) >= 11 is 1.38. The van der Waals surface area contributed by atoms with E-state index in [0.29, 0.717) is 23.7 Å². The van der Waals surface area contributed by atoms with Crippen molar-refractivity contribution in [1.29, 1.82) is 0 Å². The molecule has 8 heteroatoms. The maximum Gasteiger partial charge on any atom is 0.254 e. The normalized spacial score (nSPS) is 13.9. The van der Waals surface area contributed by atoms with Gasteiger partial charge in [0.2, 0.25) is 0 Å². The Balaban J connectivity index is 1.56. The van der Waals surface area contributed by atoms with E-state index in [1.54, 1.807) is 29.2 Å². The molecule has 0 fully saturated rings. The van der Waals surface area contributed by atoms with Crippen molar-refractivity contribution in [3.8, 4) is 11.4 Å². The Morgan fingerprint density at radius 1 is 1.14 bits per heavy atom. The van der Waals surface area contributed by atoms with Gasteiger partial charge in [-0.15, -0.1) is 11.3 Å². The van der Waals surface area contributed by atoms with Crippen LogP contribution >= 0.6 is 11.3 Å². The summed E-state index contributed by atoms with van der Waals surface area (Å²) in [5.41, 5.74) is 5.85. The monoisotopic (exact) mass is 496 g/mol. The van der Waals surface area contributed by atoms with Crippen molar-refractivity contribution in [3.63, 3.8) is 0 Å². The quantitative estimate of drug-likeness (QED) is 0.294. The lowest BCUT2D eigenvalue weighted by molar-refractivity contribution is -0.112. The first kappa shape index (κ1) is 22.2. The number of aromatic nitrogens is 3. The molecular weight excluding hydrogens is 475 g/mol. The van der Waals surface area contributed by atoms with Gasteiger partial charge < -0.3 is 4.74 Å². The molecule has 1 N–H and O–H groups in total. The minimum atomic E-state index is -0.298. The van der Waals surface area contributed by atoms with Gasteiger partial charge in [0, 0.05) is 33.7 Å². The zero-order chi connectivity index (χ0) is 24.6. The number of hydrogen-bond donors (Lipinski definition) is 1. The van der Waals surface area contributed by atoms with Crippen LogP contribution in [0.4, 0.5) is 9.52 Å². The van der Waals surface area contributed by atoms with Crippen molar-refractivity contribution in [1.82, 2.24) is 14.8 Å². The van der Waals surface area contributed by atoms with Gasteiger partial charge in [0.05, 0.1) is 17.4 Å². The van der Waals surface area contributed by atoms with Crippen LogP contribution in [-0.2, 0) is 11.4 Å². The van der Waals surface area contributed by atoms with Crippen LogP contribution in [0.5, 0.6) is 5.75 Å². The van der Waals surface area contributed by atoms with Crippen LogP contribution in [-0.4, -0.2) is 20.7 Å². The summed E-state index contributed by atoms with van der Waals surface area (Å²) < 4.78 is 21.5. The molecule has 3 aromatic carbocycles. The Morgan fingerprint density at radius 3 is 2.75 bits per heavy atom. The Bertz CT molecular complexity index is 1620. The number of halogens is 1. The maximum absolute atomic E-state index is 13.5. The van der Waals surface area contributed by atoms with Gasteiger partial charge in [-0.2, -0.15) is 5.10 Å². The van der Waals surface area contributed by atoms with Crippen LogP contribution in [0.25, 0.3) is 22.2 Å². The number of nitrogens with one attached hydrogen (secondary N) is 1. The molecule has 2 aromatic heterocycles. The summed E-state index contributed by atoms with van der Waals surface area (Å²) in [5.74, 6) is 0.237. The molecule has 178 valence electrons. The molecule has 0 unspecified atom stereocenters. The average molecular weight is 497 g/mol. The number of carbonyl (C=O) groups excluding carboxylic acids is 1. The number of carbonyl (C=O) groups is 1. The van der Waals surface area contributed by atoms with Gasteiger partial charge in [-0.25, -0.2) is 14.1 Å². The molecule has 0 saturated heterocycles. The van der Waals surface area contributed by atoms with Crippen molar-refractivity contribution >= 4 is 38.9 Å². The van der Waals surface area contributed by atoms with E-state index in [1.165, 1.54) is 23.5 Å². The third-order valence-electron chi connectivity index (χ3n) is 6.26. The van der Waals surface area contributed by atoms with E-state index in [4.69, 9.17) is 4.74 Å². The number of fused-ring (bicyclic) bond motifs is 3. The molecule has 3 heterocycles. The first-order chi connectivity index (χ1) is 17.6. The van der Waals surface area contributed by atoms with Crippen LogP contribution in [0.3, 0.4) is 0 Å². The number of benzene rings is 3. The lowest BCUT2D eigenvalue weighted by Crippen LogP contribution is -2.16. The number of anilines is 1. The summed E-state index contributed by atoms with van der Waals surface area (Å²) in [6, 6.07) is 18.1. The molecule has 6 nitrogen and oxygen atoms in total. The highest BCUT2D eigenvalue weighted by Crippen LogP contribution is 2.41. The first-order valence-electron chi connectivity index (χ1n) is 11.6. The molecule has 0 saturated carbocycles. The van der Waals surface area contributed by atoms with E-state index in [9.17, 15) is 9.18 Å². The van der Waals surface area contributed by atoms with Crippen LogP contribution in [0, 0.1) is 5.82 Å². The van der Waals surface area contributed by atoms with Crippen LogP contribution in [0.1, 0.15) is 30.0 Å². The summed E-state index contributed by atoms with van der Waals surface area (Å²) in [6.45, 7) is 2.31. The number of rotatable bonds is 4. The first-order valence-corrected chi connectivity index (χ1v) is 12.4. The minimum absolute atomic E-state index is 0.188. The van der Waals surface area contributed by atoms with Crippen molar-refractivity contribution < 1.29 is 13.9 Å². The predicted molar refractivity (Wildman–Crippen MR) is 139 cm³/mol. The fourth-order valence-electron chi connectivity index (χ4n) is 4.59. The van der Waals surface area contributed by atoms with Gasteiger partial charge in [-0.05, 0) is 60.0 Å². The van der Waals surface area contributed by atoms with Crippen LogP contribution in [0.15, 0.2) is 84.0 Å². The third kappa shape index (κ3) is 3.85. The lowest BCUT2D eigenvalue weighted by atomic mass is 9.88. The molecule has 1 aliphatic rings.